The molecule has 0 radical (unpaired) electrons. The number of rotatable bonds is 5. The second-order valence-corrected chi connectivity index (χ2v) is 6.59. The summed E-state index contributed by atoms with van der Waals surface area (Å²) in [7, 11) is 1.64. The van der Waals surface area contributed by atoms with Crippen LogP contribution in [0, 0.1) is 0 Å². The number of hydrogen-bond acceptors (Lipinski definition) is 5. The van der Waals surface area contributed by atoms with E-state index in [1.807, 2.05) is 16.8 Å². The van der Waals surface area contributed by atoms with Gasteiger partial charge in [-0.3, -0.25) is 14.5 Å². The van der Waals surface area contributed by atoms with Crippen molar-refractivity contribution in [2.24, 2.45) is 0 Å². The van der Waals surface area contributed by atoms with E-state index in [0.717, 1.165) is 10.5 Å². The molecule has 4 amide bonds. The molecule has 0 bridgehead atoms. The van der Waals surface area contributed by atoms with E-state index >= 15 is 0 Å². The average molecular weight is 347 g/mol. The number of hydrogen-bond donors (Lipinski definition) is 1. The maximum absolute atomic E-state index is 12.6. The smallest absolute Gasteiger partial charge is 0.325 e. The summed E-state index contributed by atoms with van der Waals surface area (Å²) in [5.41, 5.74) is -0.277. The first-order valence-corrected chi connectivity index (χ1v) is 8.29. The van der Waals surface area contributed by atoms with Gasteiger partial charge < -0.3 is 14.6 Å². The summed E-state index contributed by atoms with van der Waals surface area (Å²) in [6, 6.07) is 4.58. The van der Waals surface area contributed by atoms with Gasteiger partial charge in [0.15, 0.2) is 5.54 Å². The van der Waals surface area contributed by atoms with Crippen molar-refractivity contribution in [1.29, 1.82) is 0 Å². The van der Waals surface area contributed by atoms with Crippen LogP contribution in [0.3, 0.4) is 0 Å². The number of likely N-dealkylation sites (N-methyl/N-ethyl adjacent to an activating group) is 1. The molecule has 1 aliphatic heterocycles. The van der Waals surface area contributed by atoms with Gasteiger partial charge in [-0.25, -0.2) is 4.79 Å². The molecule has 3 rings (SSSR count). The maximum atomic E-state index is 12.6. The Morgan fingerprint density at radius 2 is 2.21 bits per heavy atom. The average Bonchev–Trinajstić information content (AvgIpc) is 3.27. The fourth-order valence-corrected chi connectivity index (χ4v) is 3.23. The molecule has 0 saturated carbocycles. The molecule has 126 valence electrons. The van der Waals surface area contributed by atoms with Gasteiger partial charge in [-0.2, -0.15) is 11.3 Å². The molecular formula is C16H17N3O4S. The van der Waals surface area contributed by atoms with Crippen molar-refractivity contribution in [2.45, 2.75) is 19.0 Å². The summed E-state index contributed by atoms with van der Waals surface area (Å²) < 4.78 is 5.25. The highest BCUT2D eigenvalue weighted by atomic mass is 32.1. The predicted octanol–water partition coefficient (Wildman–Crippen LogP) is 1.77. The second kappa shape index (κ2) is 6.12. The third-order valence-electron chi connectivity index (χ3n) is 4.01. The number of urea groups is 1. The van der Waals surface area contributed by atoms with Crippen molar-refractivity contribution < 1.29 is 18.8 Å². The van der Waals surface area contributed by atoms with Gasteiger partial charge in [0.2, 0.25) is 5.91 Å². The number of furan rings is 1. The van der Waals surface area contributed by atoms with Gasteiger partial charge in [-0.15, -0.1) is 0 Å². The van der Waals surface area contributed by atoms with Gasteiger partial charge in [-0.05, 0) is 41.4 Å². The molecule has 1 aliphatic rings. The number of nitrogens with zero attached hydrogens (tertiary/aromatic N) is 2. The minimum absolute atomic E-state index is 0.304. The fraction of sp³-hybridized carbons (Fsp3) is 0.312. The van der Waals surface area contributed by atoms with Crippen molar-refractivity contribution in [3.63, 3.8) is 0 Å². The molecule has 0 unspecified atom stereocenters. The molecule has 0 spiro atoms. The molecule has 2 aromatic rings. The lowest BCUT2D eigenvalue weighted by molar-refractivity contribution is -0.138. The van der Waals surface area contributed by atoms with Gasteiger partial charge in [0, 0.05) is 13.6 Å². The number of carbonyl (C=O) groups excluding carboxylic acids is 3. The van der Waals surface area contributed by atoms with E-state index in [9.17, 15) is 14.4 Å². The number of carbonyl (C=O) groups is 3. The number of amides is 4. The molecule has 0 aromatic carbocycles. The first-order chi connectivity index (χ1) is 11.4. The summed E-state index contributed by atoms with van der Waals surface area (Å²) in [6.45, 7) is 1.69. The van der Waals surface area contributed by atoms with E-state index in [-0.39, 0.29) is 12.5 Å². The number of imide groups is 1. The summed E-state index contributed by atoms with van der Waals surface area (Å²) >= 11 is 1.55. The monoisotopic (exact) mass is 347 g/mol. The third-order valence-corrected chi connectivity index (χ3v) is 4.74. The maximum Gasteiger partial charge on any atom is 0.325 e. The molecule has 1 N–H and O–H groups in total. The van der Waals surface area contributed by atoms with Gasteiger partial charge in [0.25, 0.3) is 5.91 Å². The normalized spacial score (nSPS) is 20.3. The molecule has 7 nitrogen and oxygen atoms in total. The highest BCUT2D eigenvalue weighted by Crippen LogP contribution is 2.29. The van der Waals surface area contributed by atoms with Crippen LogP contribution >= 0.6 is 11.3 Å². The van der Waals surface area contributed by atoms with E-state index in [1.165, 1.54) is 11.2 Å². The zero-order valence-corrected chi connectivity index (χ0v) is 14.1. The largest absolute Gasteiger partial charge is 0.466 e. The van der Waals surface area contributed by atoms with Crippen LogP contribution in [0.5, 0.6) is 0 Å². The van der Waals surface area contributed by atoms with Gasteiger partial charge in [0.1, 0.15) is 12.3 Å². The van der Waals surface area contributed by atoms with Gasteiger partial charge in [0.05, 0.1) is 6.26 Å². The highest BCUT2D eigenvalue weighted by molar-refractivity contribution is 7.07. The van der Waals surface area contributed by atoms with Crippen LogP contribution in [0.25, 0.3) is 0 Å². The number of nitrogens with one attached hydrogen (secondary N) is 1. The summed E-state index contributed by atoms with van der Waals surface area (Å²) in [6.07, 6.45) is 1.43. The van der Waals surface area contributed by atoms with Gasteiger partial charge >= 0.3 is 6.03 Å². The van der Waals surface area contributed by atoms with E-state index in [1.54, 1.807) is 37.4 Å². The molecule has 1 atom stereocenters. The molecular weight excluding hydrogens is 330 g/mol. The third kappa shape index (κ3) is 2.80. The molecule has 3 heterocycles. The van der Waals surface area contributed by atoms with Crippen LogP contribution in [0.15, 0.2) is 39.6 Å². The minimum Gasteiger partial charge on any atom is -0.466 e. The molecule has 2 aromatic heterocycles. The molecule has 1 saturated heterocycles. The SMILES string of the molecule is CN(Cc1ccsc1)C(=O)CN1C(=O)N[C@](C)(c2ccco2)C1=O. The van der Waals surface area contributed by atoms with E-state index in [0.29, 0.717) is 12.3 Å². The summed E-state index contributed by atoms with van der Waals surface area (Å²) in [4.78, 5) is 39.5. The molecule has 1 fully saturated rings. The van der Waals surface area contributed by atoms with E-state index < -0.39 is 17.5 Å². The highest BCUT2D eigenvalue weighted by Gasteiger charge is 2.51. The number of thiophene rings is 1. The van der Waals surface area contributed by atoms with Crippen LogP contribution in [0.1, 0.15) is 18.2 Å². The van der Waals surface area contributed by atoms with Crippen LogP contribution < -0.4 is 5.32 Å². The van der Waals surface area contributed by atoms with Crippen LogP contribution in [0.4, 0.5) is 4.79 Å². The molecule has 24 heavy (non-hydrogen) atoms. The zero-order valence-electron chi connectivity index (χ0n) is 13.3. The predicted molar refractivity (Wildman–Crippen MR) is 87.1 cm³/mol. The Labute approximate surface area is 142 Å². The zero-order chi connectivity index (χ0) is 17.3. The summed E-state index contributed by atoms with van der Waals surface area (Å²) in [5.74, 6) is -0.476. The topological polar surface area (TPSA) is 82.9 Å². The Kier molecular flexibility index (Phi) is 4.15. The standard InChI is InChI=1S/C16H17N3O4S/c1-16(12-4-3-6-23-12)14(21)19(15(22)17-16)9-13(20)18(2)8-11-5-7-24-10-11/h3-7,10H,8-9H2,1-2H3,(H,17,22)/t16-/m1/s1. The van der Waals surface area contributed by atoms with Crippen molar-refractivity contribution in [1.82, 2.24) is 15.1 Å². The molecule has 8 heteroatoms. The lowest BCUT2D eigenvalue weighted by atomic mass is 9.99. The Morgan fingerprint density at radius 1 is 1.42 bits per heavy atom. The Balaban J connectivity index is 1.70. The van der Waals surface area contributed by atoms with Gasteiger partial charge in [-0.1, -0.05) is 0 Å². The first-order valence-electron chi connectivity index (χ1n) is 7.35. The Bertz CT molecular complexity index is 756. The fourth-order valence-electron chi connectivity index (χ4n) is 2.57. The van der Waals surface area contributed by atoms with Crippen LogP contribution in [-0.2, 0) is 21.7 Å². The first kappa shape index (κ1) is 16.3. The van der Waals surface area contributed by atoms with E-state index in [4.69, 9.17) is 4.42 Å². The van der Waals surface area contributed by atoms with Crippen molar-refractivity contribution >= 4 is 29.2 Å². The van der Waals surface area contributed by atoms with Crippen LogP contribution in [-0.4, -0.2) is 41.2 Å². The van der Waals surface area contributed by atoms with E-state index in [2.05, 4.69) is 5.32 Å². The minimum atomic E-state index is -1.28. The Hall–Kier alpha value is -2.61. The van der Waals surface area contributed by atoms with Crippen molar-refractivity contribution in [2.75, 3.05) is 13.6 Å². The van der Waals surface area contributed by atoms with Crippen molar-refractivity contribution in [3.8, 4) is 0 Å². The quantitative estimate of drug-likeness (QED) is 0.836. The van der Waals surface area contributed by atoms with Crippen molar-refractivity contribution in [3.05, 3.63) is 46.5 Å². The molecule has 0 aliphatic carbocycles. The lowest BCUT2D eigenvalue weighted by Gasteiger charge is -2.21. The Morgan fingerprint density at radius 3 is 2.83 bits per heavy atom. The second-order valence-electron chi connectivity index (χ2n) is 5.81. The summed E-state index contributed by atoms with van der Waals surface area (Å²) in [5, 5.41) is 6.48. The lowest BCUT2D eigenvalue weighted by Crippen LogP contribution is -2.43. The van der Waals surface area contributed by atoms with Crippen LogP contribution in [0.2, 0.25) is 0 Å².